The summed E-state index contributed by atoms with van der Waals surface area (Å²) in [5.74, 6) is 0.562. The van der Waals surface area contributed by atoms with Gasteiger partial charge in [-0.15, -0.1) is 0 Å². The quantitative estimate of drug-likeness (QED) is 0.806. The Hall–Kier alpha value is -2.29. The van der Waals surface area contributed by atoms with Gasteiger partial charge in [-0.3, -0.25) is 0 Å². The summed E-state index contributed by atoms with van der Waals surface area (Å²) in [6.45, 7) is 6.56. The lowest BCUT2D eigenvalue weighted by atomic mass is 10.2. The third-order valence-electron chi connectivity index (χ3n) is 2.24. The zero-order chi connectivity index (χ0) is 15.0. The number of nitrogens with zero attached hydrogens (tertiary/aromatic N) is 2. The zero-order valence-electron chi connectivity index (χ0n) is 12.1. The second kappa shape index (κ2) is 7.34. The first kappa shape index (κ1) is 15.8. The molecule has 20 heavy (non-hydrogen) atoms. The number of carbonyl (C=O) groups is 1. The highest BCUT2D eigenvalue weighted by Gasteiger charge is 2.15. The molecule has 1 amide bonds. The number of hydrogen-bond donors (Lipinski definition) is 2. The van der Waals surface area contributed by atoms with Crippen LogP contribution in [0.15, 0.2) is 18.3 Å². The summed E-state index contributed by atoms with van der Waals surface area (Å²) in [4.78, 5) is 15.5. The Balaban J connectivity index is 2.23. The molecule has 0 atom stereocenters. The van der Waals surface area contributed by atoms with Crippen LogP contribution in [0.5, 0.6) is 0 Å². The highest BCUT2D eigenvalue weighted by atomic mass is 16.6. The van der Waals surface area contributed by atoms with E-state index >= 15 is 0 Å². The molecule has 0 unspecified atom stereocenters. The summed E-state index contributed by atoms with van der Waals surface area (Å²) in [7, 11) is 0. The van der Waals surface area contributed by atoms with Gasteiger partial charge in [0.1, 0.15) is 17.5 Å². The number of alkyl carbamates (subject to hydrolysis) is 1. The van der Waals surface area contributed by atoms with Crippen molar-refractivity contribution in [3.05, 3.63) is 23.9 Å². The standard InChI is InChI=1S/C14H20N4O2/c1-14(2,3)20-13(19)18-9-5-8-17-12-11(10-15)6-4-7-16-12/h4,6-7H,5,8-9H2,1-3H3,(H,16,17)(H,18,19). The van der Waals surface area contributed by atoms with E-state index in [1.807, 2.05) is 20.8 Å². The minimum atomic E-state index is -0.488. The number of aromatic nitrogens is 1. The van der Waals surface area contributed by atoms with Crippen molar-refractivity contribution < 1.29 is 9.53 Å². The molecule has 0 saturated heterocycles. The van der Waals surface area contributed by atoms with E-state index in [1.54, 1.807) is 18.3 Å². The van der Waals surface area contributed by atoms with Crippen LogP contribution >= 0.6 is 0 Å². The van der Waals surface area contributed by atoms with Gasteiger partial charge >= 0.3 is 6.09 Å². The van der Waals surface area contributed by atoms with Gasteiger partial charge < -0.3 is 15.4 Å². The first-order chi connectivity index (χ1) is 9.42. The number of nitrogens with one attached hydrogen (secondary N) is 2. The van der Waals surface area contributed by atoms with Crippen LogP contribution in [0.2, 0.25) is 0 Å². The van der Waals surface area contributed by atoms with Gasteiger partial charge in [0.15, 0.2) is 0 Å². The number of amides is 1. The van der Waals surface area contributed by atoms with E-state index in [2.05, 4.69) is 21.7 Å². The predicted molar refractivity (Wildman–Crippen MR) is 76.3 cm³/mol. The van der Waals surface area contributed by atoms with E-state index in [1.165, 1.54) is 0 Å². The van der Waals surface area contributed by atoms with Gasteiger partial charge in [-0.05, 0) is 39.3 Å². The third kappa shape index (κ3) is 6.05. The lowest BCUT2D eigenvalue weighted by Crippen LogP contribution is -2.33. The van der Waals surface area contributed by atoms with Crippen LogP contribution in [-0.2, 0) is 4.74 Å². The molecular weight excluding hydrogens is 256 g/mol. The molecule has 0 aliphatic heterocycles. The van der Waals surface area contributed by atoms with Gasteiger partial charge in [-0.2, -0.15) is 5.26 Å². The number of anilines is 1. The molecule has 1 rings (SSSR count). The van der Waals surface area contributed by atoms with Crippen LogP contribution in [0.1, 0.15) is 32.8 Å². The van der Waals surface area contributed by atoms with Crippen molar-refractivity contribution in [2.24, 2.45) is 0 Å². The van der Waals surface area contributed by atoms with Crippen molar-refractivity contribution >= 4 is 11.9 Å². The van der Waals surface area contributed by atoms with Crippen LogP contribution in [0.4, 0.5) is 10.6 Å². The Labute approximate surface area is 119 Å². The fourth-order valence-electron chi connectivity index (χ4n) is 1.44. The second-order valence-electron chi connectivity index (χ2n) is 5.22. The average Bonchev–Trinajstić information content (AvgIpc) is 2.36. The number of rotatable bonds is 5. The lowest BCUT2D eigenvalue weighted by Gasteiger charge is -2.19. The van der Waals surface area contributed by atoms with Crippen molar-refractivity contribution in [1.82, 2.24) is 10.3 Å². The maximum Gasteiger partial charge on any atom is 0.407 e. The zero-order valence-corrected chi connectivity index (χ0v) is 12.1. The van der Waals surface area contributed by atoms with Crippen molar-refractivity contribution in [2.45, 2.75) is 32.8 Å². The number of nitriles is 1. The van der Waals surface area contributed by atoms with Gasteiger partial charge in [0.05, 0.1) is 5.56 Å². The van der Waals surface area contributed by atoms with Gasteiger partial charge in [0.25, 0.3) is 0 Å². The molecule has 1 aromatic heterocycles. The number of carbonyl (C=O) groups excluding carboxylic acids is 1. The highest BCUT2D eigenvalue weighted by molar-refractivity contribution is 5.67. The lowest BCUT2D eigenvalue weighted by molar-refractivity contribution is 0.0528. The SMILES string of the molecule is CC(C)(C)OC(=O)NCCCNc1ncccc1C#N. The summed E-state index contributed by atoms with van der Waals surface area (Å²) in [6.07, 6.45) is 1.91. The Morgan fingerprint density at radius 1 is 1.45 bits per heavy atom. The molecule has 0 saturated carbocycles. The van der Waals surface area contributed by atoms with Gasteiger partial charge in [0.2, 0.25) is 0 Å². The average molecular weight is 276 g/mol. The number of hydrogen-bond acceptors (Lipinski definition) is 5. The van der Waals surface area contributed by atoms with Crippen LogP contribution < -0.4 is 10.6 Å². The van der Waals surface area contributed by atoms with Crippen molar-refractivity contribution in [1.29, 1.82) is 5.26 Å². The smallest absolute Gasteiger partial charge is 0.407 e. The summed E-state index contributed by atoms with van der Waals surface area (Å²) in [5.41, 5.74) is 0.0189. The Bertz CT molecular complexity index is 489. The fourth-order valence-corrected chi connectivity index (χ4v) is 1.44. The molecule has 1 heterocycles. The van der Waals surface area contributed by atoms with E-state index in [0.29, 0.717) is 30.9 Å². The first-order valence-electron chi connectivity index (χ1n) is 6.48. The van der Waals surface area contributed by atoms with Crippen LogP contribution in [0, 0.1) is 11.3 Å². The molecule has 1 aromatic rings. The maximum atomic E-state index is 11.4. The predicted octanol–water partition coefficient (Wildman–Crippen LogP) is 2.28. The molecular formula is C14H20N4O2. The summed E-state index contributed by atoms with van der Waals surface area (Å²) in [5, 5.41) is 14.6. The van der Waals surface area contributed by atoms with Crippen molar-refractivity contribution in [2.75, 3.05) is 18.4 Å². The minimum absolute atomic E-state index is 0.423. The number of ether oxygens (including phenoxy) is 1. The topological polar surface area (TPSA) is 87.0 Å². The van der Waals surface area contributed by atoms with Crippen molar-refractivity contribution in [3.8, 4) is 6.07 Å². The summed E-state index contributed by atoms with van der Waals surface area (Å²) in [6, 6.07) is 5.48. The fraction of sp³-hybridized carbons (Fsp3) is 0.500. The molecule has 6 heteroatoms. The molecule has 0 aliphatic carbocycles. The Morgan fingerprint density at radius 2 is 2.20 bits per heavy atom. The molecule has 0 bridgehead atoms. The van der Waals surface area contributed by atoms with Gasteiger partial charge in [0, 0.05) is 19.3 Å². The molecule has 6 nitrogen and oxygen atoms in total. The van der Waals surface area contributed by atoms with Crippen LogP contribution in [-0.4, -0.2) is 29.8 Å². The van der Waals surface area contributed by atoms with E-state index in [0.717, 1.165) is 0 Å². The second-order valence-corrected chi connectivity index (χ2v) is 5.22. The normalized spacial score (nSPS) is 10.5. The third-order valence-corrected chi connectivity index (χ3v) is 2.24. The highest BCUT2D eigenvalue weighted by Crippen LogP contribution is 2.09. The van der Waals surface area contributed by atoms with Gasteiger partial charge in [-0.25, -0.2) is 9.78 Å². The van der Waals surface area contributed by atoms with E-state index in [4.69, 9.17) is 10.00 Å². The molecule has 0 aliphatic rings. The maximum absolute atomic E-state index is 11.4. The first-order valence-corrected chi connectivity index (χ1v) is 6.48. The monoisotopic (exact) mass is 276 g/mol. The summed E-state index contributed by atoms with van der Waals surface area (Å²) >= 11 is 0. The van der Waals surface area contributed by atoms with Crippen molar-refractivity contribution in [3.63, 3.8) is 0 Å². The van der Waals surface area contributed by atoms with E-state index in [-0.39, 0.29) is 0 Å². The van der Waals surface area contributed by atoms with E-state index < -0.39 is 11.7 Å². The van der Waals surface area contributed by atoms with Crippen LogP contribution in [0.3, 0.4) is 0 Å². The molecule has 108 valence electrons. The molecule has 0 fully saturated rings. The summed E-state index contributed by atoms with van der Waals surface area (Å²) < 4.78 is 5.11. The Kier molecular flexibility index (Phi) is 5.78. The van der Waals surface area contributed by atoms with Crippen LogP contribution in [0.25, 0.3) is 0 Å². The molecule has 0 spiro atoms. The van der Waals surface area contributed by atoms with E-state index in [9.17, 15) is 4.79 Å². The largest absolute Gasteiger partial charge is 0.444 e. The Morgan fingerprint density at radius 3 is 2.85 bits per heavy atom. The number of pyridine rings is 1. The molecule has 2 N–H and O–H groups in total. The molecule has 0 radical (unpaired) electrons. The van der Waals surface area contributed by atoms with Gasteiger partial charge in [-0.1, -0.05) is 0 Å². The molecule has 0 aromatic carbocycles. The minimum Gasteiger partial charge on any atom is -0.444 e.